The molecule has 1 amide bonds. The van der Waals surface area contributed by atoms with Gasteiger partial charge in [-0.2, -0.15) is 0 Å². The van der Waals surface area contributed by atoms with Gasteiger partial charge in [-0.3, -0.25) is 4.79 Å². The normalized spacial score (nSPS) is 32.7. The molecule has 31 heavy (non-hydrogen) atoms. The van der Waals surface area contributed by atoms with E-state index < -0.39 is 0 Å². The first-order valence-corrected chi connectivity index (χ1v) is 13.0. The van der Waals surface area contributed by atoms with E-state index in [1.165, 1.54) is 54.4 Å². The summed E-state index contributed by atoms with van der Waals surface area (Å²) in [5, 5.41) is 4.63. The van der Waals surface area contributed by atoms with Crippen molar-refractivity contribution in [3.8, 4) is 0 Å². The SMILES string of the molecule is Cc1sc2ncnc(N3CCC(C(=O)NCC45CC6CC(CC(C6)C4)C5)CC3)c2c1C. The summed E-state index contributed by atoms with van der Waals surface area (Å²) in [6, 6.07) is 0. The van der Waals surface area contributed by atoms with Crippen molar-refractivity contribution in [2.45, 2.75) is 65.2 Å². The Morgan fingerprint density at radius 1 is 1.10 bits per heavy atom. The minimum atomic E-state index is 0.146. The first-order valence-electron chi connectivity index (χ1n) is 12.2. The average Bonchev–Trinajstić information content (AvgIpc) is 3.05. The molecule has 5 fully saturated rings. The van der Waals surface area contributed by atoms with Crippen LogP contribution in [0.3, 0.4) is 0 Å². The number of hydrogen-bond donors (Lipinski definition) is 1. The molecule has 0 spiro atoms. The van der Waals surface area contributed by atoms with Crippen molar-refractivity contribution in [2.75, 3.05) is 24.5 Å². The van der Waals surface area contributed by atoms with Crippen LogP contribution in [-0.2, 0) is 4.79 Å². The van der Waals surface area contributed by atoms with Crippen LogP contribution in [0.25, 0.3) is 10.2 Å². The second kappa shape index (κ2) is 7.43. The lowest BCUT2D eigenvalue weighted by molar-refractivity contribution is -0.127. The quantitative estimate of drug-likeness (QED) is 0.741. The molecule has 5 aliphatic rings. The molecular weight excluding hydrogens is 404 g/mol. The highest BCUT2D eigenvalue weighted by Crippen LogP contribution is 2.59. The second-order valence-corrected chi connectivity index (χ2v) is 12.3. The Bertz CT molecular complexity index is 971. The Balaban J connectivity index is 1.08. The lowest BCUT2D eigenvalue weighted by Crippen LogP contribution is -2.52. The molecule has 3 heterocycles. The van der Waals surface area contributed by atoms with Gasteiger partial charge in [-0.15, -0.1) is 11.3 Å². The number of thiophene rings is 1. The van der Waals surface area contributed by atoms with Gasteiger partial charge < -0.3 is 10.2 Å². The lowest BCUT2D eigenvalue weighted by atomic mass is 9.49. The van der Waals surface area contributed by atoms with Gasteiger partial charge in [-0.1, -0.05) is 0 Å². The molecule has 2 aromatic rings. The number of nitrogens with one attached hydrogen (secondary N) is 1. The second-order valence-electron chi connectivity index (χ2n) is 11.1. The Hall–Kier alpha value is -1.69. The van der Waals surface area contributed by atoms with Crippen molar-refractivity contribution in [1.29, 1.82) is 0 Å². The maximum atomic E-state index is 13.1. The number of aromatic nitrogens is 2. The van der Waals surface area contributed by atoms with Gasteiger partial charge in [-0.05, 0) is 93.9 Å². The number of anilines is 1. The number of carbonyl (C=O) groups excluding carboxylic acids is 1. The number of hydrogen-bond acceptors (Lipinski definition) is 5. The Kier molecular flexibility index (Phi) is 4.78. The summed E-state index contributed by atoms with van der Waals surface area (Å²) in [4.78, 5) is 26.9. The Morgan fingerprint density at radius 2 is 1.74 bits per heavy atom. The molecule has 7 rings (SSSR count). The van der Waals surface area contributed by atoms with Crippen molar-refractivity contribution in [3.05, 3.63) is 16.8 Å². The highest BCUT2D eigenvalue weighted by molar-refractivity contribution is 7.18. The fourth-order valence-corrected chi connectivity index (χ4v) is 8.67. The molecule has 0 atom stereocenters. The van der Waals surface area contributed by atoms with Crippen LogP contribution in [0, 0.1) is 42.9 Å². The van der Waals surface area contributed by atoms with Gasteiger partial charge in [0.15, 0.2) is 0 Å². The van der Waals surface area contributed by atoms with Crippen LogP contribution in [0.1, 0.15) is 61.8 Å². The number of nitrogens with zero attached hydrogens (tertiary/aromatic N) is 3. The molecule has 4 bridgehead atoms. The van der Waals surface area contributed by atoms with Gasteiger partial charge in [0.25, 0.3) is 0 Å². The predicted octanol–water partition coefficient (Wildman–Crippen LogP) is 4.86. The molecule has 4 aliphatic carbocycles. The summed E-state index contributed by atoms with van der Waals surface area (Å²) >= 11 is 1.75. The number of rotatable bonds is 4. The molecule has 5 nitrogen and oxygen atoms in total. The molecule has 0 radical (unpaired) electrons. The molecule has 0 aromatic carbocycles. The first kappa shape index (κ1) is 20.0. The molecule has 0 unspecified atom stereocenters. The molecule has 1 N–H and O–H groups in total. The fourth-order valence-electron chi connectivity index (χ4n) is 7.68. The number of piperidine rings is 1. The van der Waals surface area contributed by atoms with Crippen LogP contribution in [0.2, 0.25) is 0 Å². The Morgan fingerprint density at radius 3 is 2.39 bits per heavy atom. The summed E-state index contributed by atoms with van der Waals surface area (Å²) in [5.74, 6) is 4.33. The summed E-state index contributed by atoms with van der Waals surface area (Å²) in [6.07, 6.45) is 12.0. The van der Waals surface area contributed by atoms with Gasteiger partial charge in [0.1, 0.15) is 17.0 Å². The van der Waals surface area contributed by atoms with Crippen LogP contribution in [-0.4, -0.2) is 35.5 Å². The number of carbonyl (C=O) groups is 1. The van der Waals surface area contributed by atoms with E-state index in [1.807, 2.05) is 0 Å². The highest BCUT2D eigenvalue weighted by atomic mass is 32.1. The number of amides is 1. The number of fused-ring (bicyclic) bond motifs is 1. The van der Waals surface area contributed by atoms with Crippen LogP contribution >= 0.6 is 11.3 Å². The molecule has 1 saturated heterocycles. The molecule has 166 valence electrons. The van der Waals surface area contributed by atoms with Gasteiger partial charge in [-0.25, -0.2) is 9.97 Å². The third-order valence-electron chi connectivity index (χ3n) is 8.91. The molecule has 1 aliphatic heterocycles. The van der Waals surface area contributed by atoms with Crippen LogP contribution in [0.15, 0.2) is 6.33 Å². The van der Waals surface area contributed by atoms with Crippen LogP contribution in [0.5, 0.6) is 0 Å². The van der Waals surface area contributed by atoms with E-state index in [2.05, 4.69) is 34.0 Å². The molecule has 2 aromatic heterocycles. The topological polar surface area (TPSA) is 58.1 Å². The number of aryl methyl sites for hydroxylation is 2. The van der Waals surface area contributed by atoms with E-state index in [0.717, 1.165) is 60.9 Å². The highest BCUT2D eigenvalue weighted by Gasteiger charge is 2.50. The zero-order chi connectivity index (χ0) is 21.2. The monoisotopic (exact) mass is 438 g/mol. The Labute approximate surface area is 189 Å². The van der Waals surface area contributed by atoms with Gasteiger partial charge in [0.2, 0.25) is 5.91 Å². The van der Waals surface area contributed by atoms with E-state index in [9.17, 15) is 4.79 Å². The van der Waals surface area contributed by atoms with E-state index >= 15 is 0 Å². The van der Waals surface area contributed by atoms with E-state index in [4.69, 9.17) is 0 Å². The molecule has 4 saturated carbocycles. The zero-order valence-corrected chi connectivity index (χ0v) is 19.6. The van der Waals surface area contributed by atoms with E-state index in [0.29, 0.717) is 11.3 Å². The summed E-state index contributed by atoms with van der Waals surface area (Å²) in [6.45, 7) is 7.05. The fraction of sp³-hybridized carbons (Fsp3) is 0.720. The lowest BCUT2D eigenvalue weighted by Gasteiger charge is -2.57. The van der Waals surface area contributed by atoms with Crippen molar-refractivity contribution < 1.29 is 4.79 Å². The van der Waals surface area contributed by atoms with Crippen molar-refractivity contribution >= 4 is 33.3 Å². The van der Waals surface area contributed by atoms with Crippen LogP contribution in [0.4, 0.5) is 5.82 Å². The summed E-state index contributed by atoms with van der Waals surface area (Å²) in [5.41, 5.74) is 1.72. The standard InChI is InChI=1S/C25H34N4OS/c1-15-16(2)31-24-21(15)22(27-14-28-24)29-5-3-20(4-6-29)23(30)26-13-25-10-17-7-18(11-25)9-19(8-17)12-25/h14,17-20H,3-13H2,1-2H3,(H,26,30). The van der Waals surface area contributed by atoms with Crippen molar-refractivity contribution in [2.24, 2.45) is 29.1 Å². The van der Waals surface area contributed by atoms with Crippen molar-refractivity contribution in [3.63, 3.8) is 0 Å². The van der Waals surface area contributed by atoms with Crippen molar-refractivity contribution in [1.82, 2.24) is 15.3 Å². The van der Waals surface area contributed by atoms with Gasteiger partial charge in [0, 0.05) is 30.4 Å². The average molecular weight is 439 g/mol. The summed E-state index contributed by atoms with van der Waals surface area (Å²) in [7, 11) is 0. The first-order chi connectivity index (χ1) is 15.0. The third-order valence-corrected chi connectivity index (χ3v) is 10.0. The molecular formula is C25H34N4OS. The van der Waals surface area contributed by atoms with Crippen LogP contribution < -0.4 is 10.2 Å². The summed E-state index contributed by atoms with van der Waals surface area (Å²) < 4.78 is 0. The predicted molar refractivity (Wildman–Crippen MR) is 125 cm³/mol. The smallest absolute Gasteiger partial charge is 0.223 e. The minimum Gasteiger partial charge on any atom is -0.356 e. The zero-order valence-electron chi connectivity index (χ0n) is 18.8. The van der Waals surface area contributed by atoms with Gasteiger partial charge >= 0.3 is 0 Å². The van der Waals surface area contributed by atoms with Gasteiger partial charge in [0.05, 0.1) is 5.39 Å². The minimum absolute atomic E-state index is 0.146. The van der Waals surface area contributed by atoms with E-state index in [-0.39, 0.29) is 5.92 Å². The maximum Gasteiger partial charge on any atom is 0.223 e. The maximum absolute atomic E-state index is 13.1. The van der Waals surface area contributed by atoms with E-state index in [1.54, 1.807) is 17.7 Å². The largest absolute Gasteiger partial charge is 0.356 e. The third kappa shape index (κ3) is 3.46. The molecule has 6 heteroatoms.